The summed E-state index contributed by atoms with van der Waals surface area (Å²) < 4.78 is 35.5. The molecule has 5 N–H and O–H groups in total. The number of carbonyl (C=O) groups excluding carboxylic acids is 4. The largest absolute Gasteiger partial charge is 0 e. The molecule has 0 spiro atoms. The van der Waals surface area contributed by atoms with Gasteiger partial charge in [0.05, 0.1) is 37.2 Å². The van der Waals surface area contributed by atoms with Gasteiger partial charge in [0.25, 0.3) is 0 Å². The molecule has 23 heteroatoms. The number of amides is 3. The van der Waals surface area contributed by atoms with Crippen LogP contribution in [0.1, 0.15) is 57.6 Å². The molecule has 324 valence electrons. The van der Waals surface area contributed by atoms with Gasteiger partial charge in [-0.3, -0.25) is 19.4 Å². The van der Waals surface area contributed by atoms with Crippen molar-refractivity contribution in [3.8, 4) is 11.4 Å². The molecule has 18 nitrogen and oxygen atoms in total. The smallest absolute Gasteiger partial charge is 0 e. The first-order valence-electron chi connectivity index (χ1n) is 17.9. The zero-order chi connectivity index (χ0) is 40.8. The van der Waals surface area contributed by atoms with Crippen molar-refractivity contribution in [2.75, 3.05) is 39.5 Å². The zero-order valence-electron chi connectivity index (χ0n) is 31.7. The van der Waals surface area contributed by atoms with E-state index in [2.05, 4.69) is 36.2 Å². The van der Waals surface area contributed by atoms with Crippen LogP contribution in [0.5, 0.6) is 0 Å². The number of carbonyl (C=O) groups is 4. The van der Waals surface area contributed by atoms with Crippen molar-refractivity contribution in [1.29, 1.82) is 0 Å². The summed E-state index contributed by atoms with van der Waals surface area (Å²) in [6.07, 6.45) is 15.1. The Labute approximate surface area is 373 Å². The van der Waals surface area contributed by atoms with Crippen molar-refractivity contribution in [1.82, 2.24) is 45.5 Å². The maximum absolute atomic E-state index is 12.3. The SMILES string of the molecule is CC1(S(N)(=O)=O)C=CC(CCNC(=O)CCCCCCNC(=O)Cc2cn(C(=O)OCCOCCNC(=O)Cn3cc(-c4ccccn4)nn3)cn2)=CC1.[Cl][Re].[Co].[Co]. The van der Waals surface area contributed by atoms with E-state index in [-0.39, 0.29) is 90.6 Å². The molecule has 4 rings (SSSR count). The third kappa shape index (κ3) is 19.2. The molecule has 2 radical (unpaired) electrons. The van der Waals surface area contributed by atoms with Crippen molar-refractivity contribution in [2.24, 2.45) is 5.14 Å². The molecule has 0 aromatic carbocycles. The Morgan fingerprint density at radius 2 is 1.66 bits per heavy atom. The van der Waals surface area contributed by atoms with Gasteiger partial charge >= 0.3 is 33.8 Å². The maximum Gasteiger partial charge on any atom is 0 e. The fourth-order valence-electron chi connectivity index (χ4n) is 5.20. The number of imidazole rings is 1. The minimum absolute atomic E-state index is 0. The van der Waals surface area contributed by atoms with Crippen molar-refractivity contribution < 1.29 is 88.8 Å². The van der Waals surface area contributed by atoms with Crippen LogP contribution in [0.2, 0.25) is 0 Å². The van der Waals surface area contributed by atoms with E-state index in [1.165, 1.54) is 35.4 Å². The molecule has 1 atom stereocenters. The van der Waals surface area contributed by atoms with Gasteiger partial charge in [0, 0.05) is 72.0 Å². The summed E-state index contributed by atoms with van der Waals surface area (Å²) >= 11 is 1.19. The fraction of sp³-hybridized carbons (Fsp3) is 0.486. The summed E-state index contributed by atoms with van der Waals surface area (Å²) in [5, 5.41) is 21.7. The van der Waals surface area contributed by atoms with Crippen LogP contribution in [0.15, 0.2) is 66.9 Å². The second-order valence-corrected chi connectivity index (χ2v) is 14.9. The predicted octanol–water partition coefficient (Wildman–Crippen LogP) is 2.09. The average Bonchev–Trinajstić information content (AvgIpc) is 3.85. The number of nitrogens with zero attached hydrogens (tertiary/aromatic N) is 6. The number of aromatic nitrogens is 6. The van der Waals surface area contributed by atoms with Crippen molar-refractivity contribution in [3.63, 3.8) is 0 Å². The Morgan fingerprint density at radius 1 is 0.914 bits per heavy atom. The summed E-state index contributed by atoms with van der Waals surface area (Å²) in [5.74, 6) is -0.519. The summed E-state index contributed by atoms with van der Waals surface area (Å²) in [4.78, 5) is 57.3. The molecule has 3 aromatic rings. The molecular weight excluding hydrogens is 1060 g/mol. The van der Waals surface area contributed by atoms with Crippen molar-refractivity contribution >= 4 is 43.4 Å². The Kier molecular flexibility index (Phi) is 25.6. The minimum Gasteiger partial charge on any atom is 0 e. The van der Waals surface area contributed by atoms with Gasteiger partial charge in [-0.2, -0.15) is 0 Å². The molecule has 0 aliphatic heterocycles. The third-order valence-corrected chi connectivity index (χ3v) is 10.0. The van der Waals surface area contributed by atoms with Gasteiger partial charge in [-0.25, -0.2) is 32.6 Å². The fourth-order valence-corrected chi connectivity index (χ4v) is 5.77. The first-order chi connectivity index (χ1) is 26.9. The van der Waals surface area contributed by atoms with E-state index in [9.17, 15) is 27.6 Å². The number of primary sulfonamides is 1. The van der Waals surface area contributed by atoms with E-state index in [4.69, 9.17) is 24.1 Å². The third-order valence-electron chi connectivity index (χ3n) is 8.44. The molecule has 1 aliphatic carbocycles. The first-order valence-corrected chi connectivity index (χ1v) is 22.8. The van der Waals surface area contributed by atoms with E-state index in [1.807, 2.05) is 12.1 Å². The first kappa shape index (κ1) is 52.7. The van der Waals surface area contributed by atoms with Gasteiger partial charge in [0.15, 0.2) is 0 Å². The van der Waals surface area contributed by atoms with E-state index < -0.39 is 20.9 Å². The average molecular weight is 1110 g/mol. The van der Waals surface area contributed by atoms with E-state index in [0.29, 0.717) is 49.4 Å². The standard InChI is InChI=1S/C35H48N10O8S.ClH.2Co.Re/c1-35(54(36,50)51)13-10-27(11-14-35)12-17-39-31(46)9-4-2-3-6-16-38-32(47)22-28-23-44(26-41-28)34(49)53-21-20-52-19-18-40-33(48)25-45-24-30(42-43-45)29-8-5-7-15-37-29;;;;/h5,7-8,10-11,13,15,23-24,26H,2-4,6,9,12,14,16-22,25H2,1H3,(H,38,47)(H,39,46)(H,40,48)(H2,36,50,51);1H;;;/q;;;;+1/p-1. The molecule has 0 saturated heterocycles. The van der Waals surface area contributed by atoms with E-state index in [1.54, 1.807) is 43.6 Å². The van der Waals surface area contributed by atoms with Crippen LogP contribution in [0.3, 0.4) is 0 Å². The Bertz CT molecular complexity index is 1900. The van der Waals surface area contributed by atoms with Crippen LogP contribution in [0.4, 0.5) is 4.79 Å². The van der Waals surface area contributed by atoms with Gasteiger partial charge < -0.3 is 25.4 Å². The Hall–Kier alpha value is -3.30. The van der Waals surface area contributed by atoms with Crippen molar-refractivity contribution in [3.05, 3.63) is 72.6 Å². The Morgan fingerprint density at radius 3 is 2.36 bits per heavy atom. The summed E-state index contributed by atoms with van der Waals surface area (Å²) in [6, 6.07) is 5.44. The molecule has 0 bridgehead atoms. The number of pyridine rings is 1. The molecule has 0 fully saturated rings. The molecule has 1 aliphatic rings. The van der Waals surface area contributed by atoms with E-state index in [0.717, 1.165) is 35.8 Å². The predicted molar refractivity (Wildman–Crippen MR) is 203 cm³/mol. The number of nitrogens with one attached hydrogen (secondary N) is 3. The van der Waals surface area contributed by atoms with Gasteiger partial charge in [-0.15, -0.1) is 5.10 Å². The molecule has 0 saturated carbocycles. The number of hydrogen-bond donors (Lipinski definition) is 4. The summed E-state index contributed by atoms with van der Waals surface area (Å²) in [7, 11) is 1.01. The number of hydrogen-bond acceptors (Lipinski definition) is 12. The van der Waals surface area contributed by atoms with Crippen LogP contribution >= 0.6 is 9.53 Å². The number of nitrogens with two attached hydrogens (primary N) is 1. The Balaban J connectivity index is 0.00000414. The van der Waals surface area contributed by atoms with E-state index >= 15 is 0 Å². The summed E-state index contributed by atoms with van der Waals surface area (Å²) in [6.45, 7) is 3.12. The number of rotatable bonds is 22. The molecule has 3 aromatic heterocycles. The van der Waals surface area contributed by atoms with Crippen LogP contribution in [0, 0.1) is 0 Å². The van der Waals surface area contributed by atoms with Gasteiger partial charge in [-0.1, -0.05) is 47.9 Å². The minimum atomic E-state index is -3.69. The number of allylic oxidation sites excluding steroid dienone is 2. The number of halogens is 1. The van der Waals surface area contributed by atoms with Gasteiger partial charge in [-0.05, 0) is 44.7 Å². The molecular formula is C35H48ClCo2N10O8ReS. The second kappa shape index (κ2) is 28.2. The maximum atomic E-state index is 12.3. The number of unbranched alkanes of at least 4 members (excludes halogenated alkanes) is 3. The normalized spacial score (nSPS) is 14.4. The molecule has 3 heterocycles. The number of ether oxygens (including phenoxy) is 2. The van der Waals surface area contributed by atoms with Crippen LogP contribution in [0.25, 0.3) is 11.4 Å². The second-order valence-electron chi connectivity index (χ2n) is 12.8. The van der Waals surface area contributed by atoms with Crippen LogP contribution < -0.4 is 21.1 Å². The van der Waals surface area contributed by atoms with Crippen molar-refractivity contribution in [2.45, 2.75) is 69.6 Å². The quantitative estimate of drug-likeness (QED) is 0.106. The summed E-state index contributed by atoms with van der Waals surface area (Å²) in [5.41, 5.74) is 2.61. The topological polar surface area (TPSA) is 244 Å². The number of sulfonamides is 1. The van der Waals surface area contributed by atoms with Crippen LogP contribution in [-0.4, -0.2) is 106 Å². The van der Waals surface area contributed by atoms with Crippen LogP contribution in [-0.2, 0) is 98.6 Å². The molecule has 58 heavy (non-hydrogen) atoms. The molecule has 1 unspecified atom stereocenters. The zero-order valence-corrected chi connectivity index (χ0v) is 38.1. The van der Waals surface area contributed by atoms with Gasteiger partial charge in [0.2, 0.25) is 27.7 Å². The molecule has 3 amide bonds. The monoisotopic (exact) mass is 1110 g/mol. The van der Waals surface area contributed by atoms with Gasteiger partial charge in [0.1, 0.15) is 29.9 Å².